The minimum Gasteiger partial charge on any atom is -0.337 e. The maximum Gasteiger partial charge on any atom is 0.270 e. The van der Waals surface area contributed by atoms with Gasteiger partial charge in [0.15, 0.2) is 0 Å². The second-order valence-corrected chi connectivity index (χ2v) is 4.33. The van der Waals surface area contributed by atoms with Crippen LogP contribution in [0, 0.1) is 0 Å². The topological polar surface area (TPSA) is 65.2 Å². The third-order valence-electron chi connectivity index (χ3n) is 3.18. The molecule has 2 N–H and O–H groups in total. The van der Waals surface area contributed by atoms with Crippen LogP contribution >= 0.6 is 0 Å². The molecular formula is C12H17N3O2. The Kier molecular flexibility index (Phi) is 3.58. The van der Waals surface area contributed by atoms with E-state index in [0.29, 0.717) is 5.69 Å². The summed E-state index contributed by atoms with van der Waals surface area (Å²) in [5, 5.41) is 3.26. The number of hydrogen-bond donors (Lipinski definition) is 2. The SMILES string of the molecule is CN(C(=O)c1cccc(=O)[nH]1)C1CCNCC1. The van der Waals surface area contributed by atoms with Crippen molar-refractivity contribution in [2.24, 2.45) is 0 Å². The van der Waals surface area contributed by atoms with Crippen LogP contribution in [-0.2, 0) is 0 Å². The minimum absolute atomic E-state index is 0.116. The Labute approximate surface area is 99.8 Å². The van der Waals surface area contributed by atoms with Gasteiger partial charge in [0.25, 0.3) is 5.91 Å². The quantitative estimate of drug-likeness (QED) is 0.769. The fourth-order valence-corrected chi connectivity index (χ4v) is 2.12. The van der Waals surface area contributed by atoms with Gasteiger partial charge in [-0.3, -0.25) is 9.59 Å². The van der Waals surface area contributed by atoms with Crippen LogP contribution in [0.25, 0.3) is 0 Å². The van der Waals surface area contributed by atoms with Gasteiger partial charge in [-0.1, -0.05) is 6.07 Å². The maximum atomic E-state index is 12.1. The Morgan fingerprint density at radius 3 is 2.71 bits per heavy atom. The van der Waals surface area contributed by atoms with Crippen LogP contribution < -0.4 is 10.9 Å². The Hall–Kier alpha value is -1.62. The molecule has 1 aromatic rings. The van der Waals surface area contributed by atoms with Crippen molar-refractivity contribution in [3.63, 3.8) is 0 Å². The summed E-state index contributed by atoms with van der Waals surface area (Å²) < 4.78 is 0. The molecule has 0 unspecified atom stereocenters. The van der Waals surface area contributed by atoms with Gasteiger partial charge in [0.2, 0.25) is 5.56 Å². The lowest BCUT2D eigenvalue weighted by atomic mass is 10.1. The molecule has 1 aromatic heterocycles. The predicted molar refractivity (Wildman–Crippen MR) is 65.0 cm³/mol. The molecular weight excluding hydrogens is 218 g/mol. The third kappa shape index (κ3) is 2.74. The van der Waals surface area contributed by atoms with E-state index in [0.717, 1.165) is 25.9 Å². The van der Waals surface area contributed by atoms with Crippen molar-refractivity contribution in [2.45, 2.75) is 18.9 Å². The first-order chi connectivity index (χ1) is 8.18. The van der Waals surface area contributed by atoms with Crippen molar-refractivity contribution < 1.29 is 4.79 Å². The summed E-state index contributed by atoms with van der Waals surface area (Å²) in [6.07, 6.45) is 1.92. The molecule has 1 amide bonds. The molecule has 17 heavy (non-hydrogen) atoms. The number of nitrogens with one attached hydrogen (secondary N) is 2. The number of piperidine rings is 1. The molecule has 92 valence electrons. The van der Waals surface area contributed by atoms with Crippen molar-refractivity contribution in [1.29, 1.82) is 0 Å². The van der Waals surface area contributed by atoms with Crippen LogP contribution in [0.5, 0.6) is 0 Å². The van der Waals surface area contributed by atoms with Gasteiger partial charge in [-0.2, -0.15) is 0 Å². The van der Waals surface area contributed by atoms with E-state index in [1.165, 1.54) is 6.07 Å². The lowest BCUT2D eigenvalue weighted by molar-refractivity contribution is 0.0697. The molecule has 0 aromatic carbocycles. The van der Waals surface area contributed by atoms with Crippen molar-refractivity contribution in [1.82, 2.24) is 15.2 Å². The van der Waals surface area contributed by atoms with Gasteiger partial charge in [-0.25, -0.2) is 0 Å². The van der Waals surface area contributed by atoms with E-state index < -0.39 is 0 Å². The summed E-state index contributed by atoms with van der Waals surface area (Å²) in [4.78, 5) is 27.6. The second kappa shape index (κ2) is 5.14. The van der Waals surface area contributed by atoms with Crippen molar-refractivity contribution >= 4 is 5.91 Å². The number of hydrogen-bond acceptors (Lipinski definition) is 3. The zero-order valence-electron chi connectivity index (χ0n) is 9.90. The highest BCUT2D eigenvalue weighted by molar-refractivity contribution is 5.92. The van der Waals surface area contributed by atoms with E-state index in [1.807, 2.05) is 0 Å². The average Bonchev–Trinajstić information content (AvgIpc) is 2.38. The average molecular weight is 235 g/mol. The van der Waals surface area contributed by atoms with E-state index in [1.54, 1.807) is 24.1 Å². The lowest BCUT2D eigenvalue weighted by Gasteiger charge is -2.31. The summed E-state index contributed by atoms with van der Waals surface area (Å²) in [5.41, 5.74) is 0.119. The van der Waals surface area contributed by atoms with E-state index >= 15 is 0 Å². The number of rotatable bonds is 2. The Morgan fingerprint density at radius 1 is 1.35 bits per heavy atom. The summed E-state index contributed by atoms with van der Waals surface area (Å²) in [7, 11) is 1.80. The highest BCUT2D eigenvalue weighted by Gasteiger charge is 2.23. The van der Waals surface area contributed by atoms with Gasteiger partial charge >= 0.3 is 0 Å². The van der Waals surface area contributed by atoms with Crippen molar-refractivity contribution in [3.8, 4) is 0 Å². The molecule has 1 aliphatic rings. The minimum atomic E-state index is -0.241. The molecule has 0 spiro atoms. The first kappa shape index (κ1) is 11.9. The smallest absolute Gasteiger partial charge is 0.270 e. The number of H-pyrrole nitrogens is 1. The summed E-state index contributed by atoms with van der Waals surface area (Å²) >= 11 is 0. The largest absolute Gasteiger partial charge is 0.337 e. The Balaban J connectivity index is 2.11. The highest BCUT2D eigenvalue weighted by atomic mass is 16.2. The molecule has 5 heteroatoms. The van der Waals surface area contributed by atoms with Crippen LogP contribution in [0.3, 0.4) is 0 Å². The highest BCUT2D eigenvalue weighted by Crippen LogP contribution is 2.12. The van der Waals surface area contributed by atoms with Crippen LogP contribution in [-0.4, -0.2) is 42.0 Å². The van der Waals surface area contributed by atoms with Gasteiger partial charge < -0.3 is 15.2 Å². The zero-order chi connectivity index (χ0) is 12.3. The summed E-state index contributed by atoms with van der Waals surface area (Å²) in [6, 6.07) is 4.90. The van der Waals surface area contributed by atoms with Gasteiger partial charge in [-0.15, -0.1) is 0 Å². The fraction of sp³-hybridized carbons (Fsp3) is 0.500. The first-order valence-corrected chi connectivity index (χ1v) is 5.85. The van der Waals surface area contributed by atoms with E-state index in [9.17, 15) is 9.59 Å². The molecule has 1 saturated heterocycles. The number of aromatic amines is 1. The van der Waals surface area contributed by atoms with Crippen LogP contribution in [0.15, 0.2) is 23.0 Å². The van der Waals surface area contributed by atoms with Gasteiger partial charge in [-0.05, 0) is 32.0 Å². The maximum absolute atomic E-state index is 12.1. The molecule has 0 saturated carbocycles. The summed E-state index contributed by atoms with van der Waals surface area (Å²) in [6.45, 7) is 1.88. The van der Waals surface area contributed by atoms with Crippen molar-refractivity contribution in [2.75, 3.05) is 20.1 Å². The fourth-order valence-electron chi connectivity index (χ4n) is 2.12. The van der Waals surface area contributed by atoms with E-state index in [-0.39, 0.29) is 17.5 Å². The first-order valence-electron chi connectivity index (χ1n) is 5.85. The monoisotopic (exact) mass is 235 g/mol. The molecule has 2 rings (SSSR count). The molecule has 0 atom stereocenters. The molecule has 0 bridgehead atoms. The predicted octanol–water partition coefficient (Wildman–Crippen LogP) is 0.199. The van der Waals surface area contributed by atoms with Crippen LogP contribution in [0.2, 0.25) is 0 Å². The van der Waals surface area contributed by atoms with E-state index in [2.05, 4.69) is 10.3 Å². The van der Waals surface area contributed by atoms with Gasteiger partial charge in [0.1, 0.15) is 5.69 Å². The van der Waals surface area contributed by atoms with Gasteiger partial charge in [0.05, 0.1) is 0 Å². The second-order valence-electron chi connectivity index (χ2n) is 4.33. The molecule has 1 aliphatic heterocycles. The standard InChI is InChI=1S/C12H17N3O2/c1-15(9-5-7-13-8-6-9)12(17)10-3-2-4-11(16)14-10/h2-4,9,13H,5-8H2,1H3,(H,14,16). The molecule has 5 nitrogen and oxygen atoms in total. The molecule has 0 radical (unpaired) electrons. The molecule has 2 heterocycles. The number of aromatic nitrogens is 1. The summed E-state index contributed by atoms with van der Waals surface area (Å²) in [5.74, 6) is -0.116. The Morgan fingerprint density at radius 2 is 2.06 bits per heavy atom. The number of carbonyl (C=O) groups excluding carboxylic acids is 1. The normalized spacial score (nSPS) is 16.8. The number of amides is 1. The lowest BCUT2D eigenvalue weighted by Crippen LogP contribution is -2.44. The number of carbonyl (C=O) groups is 1. The van der Waals surface area contributed by atoms with Crippen molar-refractivity contribution in [3.05, 3.63) is 34.2 Å². The zero-order valence-corrected chi connectivity index (χ0v) is 9.90. The number of pyridine rings is 1. The van der Waals surface area contributed by atoms with E-state index in [4.69, 9.17) is 0 Å². The van der Waals surface area contributed by atoms with Crippen LogP contribution in [0.1, 0.15) is 23.3 Å². The Bertz CT molecular complexity index is 449. The van der Waals surface area contributed by atoms with Crippen LogP contribution in [0.4, 0.5) is 0 Å². The van der Waals surface area contributed by atoms with Gasteiger partial charge in [0, 0.05) is 19.2 Å². The molecule has 0 aliphatic carbocycles. The third-order valence-corrected chi connectivity index (χ3v) is 3.18. The molecule has 1 fully saturated rings. The number of nitrogens with zero attached hydrogens (tertiary/aromatic N) is 1.